The second-order valence-electron chi connectivity index (χ2n) is 5.33. The fraction of sp³-hybridized carbons (Fsp3) is 0.375. The van der Waals surface area contributed by atoms with Crippen molar-refractivity contribution in [2.75, 3.05) is 25.1 Å². The number of carbonyl (C=O) groups is 1. The van der Waals surface area contributed by atoms with Crippen LogP contribution < -0.4 is 5.32 Å². The van der Waals surface area contributed by atoms with Gasteiger partial charge in [-0.2, -0.15) is 0 Å². The van der Waals surface area contributed by atoms with E-state index >= 15 is 0 Å². The Bertz CT molecular complexity index is 621. The van der Waals surface area contributed by atoms with Crippen LogP contribution in [0.4, 0.5) is 10.6 Å². The van der Waals surface area contributed by atoms with E-state index in [0.717, 1.165) is 4.88 Å². The van der Waals surface area contributed by atoms with E-state index in [1.807, 2.05) is 23.6 Å². The maximum atomic E-state index is 12.5. The Hall–Kier alpha value is -1.96. The molecule has 6 nitrogen and oxygen atoms in total. The van der Waals surface area contributed by atoms with Gasteiger partial charge in [0.05, 0.1) is 25.4 Å². The van der Waals surface area contributed by atoms with Crippen molar-refractivity contribution in [3.05, 3.63) is 46.8 Å². The molecule has 1 aliphatic rings. The molecule has 2 aromatic rings. The van der Waals surface area contributed by atoms with Crippen LogP contribution in [0.1, 0.15) is 17.4 Å². The van der Waals surface area contributed by atoms with Gasteiger partial charge in [0, 0.05) is 24.0 Å². The summed E-state index contributed by atoms with van der Waals surface area (Å²) in [6, 6.07) is 8.79. The van der Waals surface area contributed by atoms with Gasteiger partial charge in [-0.05, 0) is 23.6 Å². The van der Waals surface area contributed by atoms with E-state index in [4.69, 9.17) is 4.74 Å². The smallest absolute Gasteiger partial charge is 0.323 e. The molecule has 0 spiro atoms. The molecule has 0 unspecified atom stereocenters. The monoisotopic (exact) mass is 333 g/mol. The van der Waals surface area contributed by atoms with Crippen molar-refractivity contribution in [1.29, 1.82) is 0 Å². The molecule has 7 heteroatoms. The number of amides is 2. The van der Waals surface area contributed by atoms with Crippen molar-refractivity contribution >= 4 is 23.2 Å². The lowest BCUT2D eigenvalue weighted by Crippen LogP contribution is -2.50. The highest BCUT2D eigenvalue weighted by atomic mass is 32.1. The van der Waals surface area contributed by atoms with E-state index in [2.05, 4.69) is 10.3 Å². The number of nitrogens with zero attached hydrogens (tertiary/aromatic N) is 2. The summed E-state index contributed by atoms with van der Waals surface area (Å²) >= 11 is 1.51. The number of carbonyl (C=O) groups excluding carboxylic acids is 1. The van der Waals surface area contributed by atoms with Crippen LogP contribution in [0.5, 0.6) is 0 Å². The number of ether oxygens (including phenoxy) is 1. The molecular weight excluding hydrogens is 314 g/mol. The maximum Gasteiger partial charge on any atom is 0.323 e. The van der Waals surface area contributed by atoms with Gasteiger partial charge in [0.15, 0.2) is 0 Å². The van der Waals surface area contributed by atoms with Crippen LogP contribution in [-0.2, 0) is 4.74 Å². The predicted octanol–water partition coefficient (Wildman–Crippen LogP) is 2.50. The highest BCUT2D eigenvalue weighted by Gasteiger charge is 2.30. The Balaban J connectivity index is 1.65. The lowest BCUT2D eigenvalue weighted by Gasteiger charge is -2.36. The molecule has 0 bridgehead atoms. The highest BCUT2D eigenvalue weighted by molar-refractivity contribution is 7.10. The van der Waals surface area contributed by atoms with Crippen LogP contribution >= 0.6 is 11.3 Å². The van der Waals surface area contributed by atoms with Gasteiger partial charge in [-0.3, -0.25) is 5.32 Å². The Labute approximate surface area is 138 Å². The number of nitrogens with one attached hydrogen (secondary N) is 1. The minimum Gasteiger partial charge on any atom is -0.387 e. The number of aliphatic hydroxyl groups is 1. The third-order valence-electron chi connectivity index (χ3n) is 3.76. The molecule has 122 valence electrons. The fourth-order valence-electron chi connectivity index (χ4n) is 2.59. The molecule has 3 heterocycles. The summed E-state index contributed by atoms with van der Waals surface area (Å²) in [5.41, 5.74) is 0. The number of anilines is 1. The number of pyridine rings is 1. The summed E-state index contributed by atoms with van der Waals surface area (Å²) in [6.07, 6.45) is 1.50. The first-order chi connectivity index (χ1) is 11.2. The third-order valence-corrected chi connectivity index (χ3v) is 4.73. The largest absolute Gasteiger partial charge is 0.387 e. The Kier molecular flexibility index (Phi) is 5.22. The SMILES string of the molecule is O=C(Nc1ccccn1)N1CCOC[C@H]1C[C@H](O)c1cccs1. The average Bonchev–Trinajstić information content (AvgIpc) is 3.11. The minimum atomic E-state index is -0.591. The first-order valence-electron chi connectivity index (χ1n) is 7.52. The second-order valence-corrected chi connectivity index (χ2v) is 6.31. The van der Waals surface area contributed by atoms with Gasteiger partial charge in [0.2, 0.25) is 0 Å². The second kappa shape index (κ2) is 7.54. The molecule has 0 aromatic carbocycles. The number of aliphatic hydroxyl groups excluding tert-OH is 1. The number of urea groups is 1. The van der Waals surface area contributed by atoms with E-state index in [1.165, 1.54) is 11.3 Å². The summed E-state index contributed by atoms with van der Waals surface area (Å²) in [5, 5.41) is 15.1. The van der Waals surface area contributed by atoms with Crippen LogP contribution in [0.25, 0.3) is 0 Å². The molecule has 2 amide bonds. The van der Waals surface area contributed by atoms with E-state index in [-0.39, 0.29) is 12.1 Å². The van der Waals surface area contributed by atoms with Crippen molar-refractivity contribution < 1.29 is 14.6 Å². The number of morpholine rings is 1. The average molecular weight is 333 g/mol. The van der Waals surface area contributed by atoms with Gasteiger partial charge in [-0.1, -0.05) is 12.1 Å². The standard InChI is InChI=1S/C16H19N3O3S/c20-13(14-4-3-9-23-14)10-12-11-22-8-7-19(12)16(21)18-15-5-1-2-6-17-15/h1-6,9,12-13,20H,7-8,10-11H2,(H,17,18,21)/t12-,13+/m1/s1. The minimum absolute atomic E-state index is 0.162. The number of hydrogen-bond donors (Lipinski definition) is 2. The summed E-state index contributed by atoms with van der Waals surface area (Å²) < 4.78 is 5.49. The van der Waals surface area contributed by atoms with Crippen LogP contribution in [0.2, 0.25) is 0 Å². The molecule has 0 saturated carbocycles. The molecule has 23 heavy (non-hydrogen) atoms. The zero-order valence-electron chi connectivity index (χ0n) is 12.6. The zero-order valence-corrected chi connectivity index (χ0v) is 13.4. The molecule has 0 aliphatic carbocycles. The summed E-state index contributed by atoms with van der Waals surface area (Å²) in [4.78, 5) is 19.2. The summed E-state index contributed by atoms with van der Waals surface area (Å²) in [5.74, 6) is 0.515. The van der Waals surface area contributed by atoms with Crippen LogP contribution in [-0.4, -0.2) is 46.8 Å². The normalized spacial score (nSPS) is 19.3. The van der Waals surface area contributed by atoms with Crippen molar-refractivity contribution in [3.63, 3.8) is 0 Å². The Morgan fingerprint density at radius 3 is 3.13 bits per heavy atom. The predicted molar refractivity (Wildman–Crippen MR) is 88.5 cm³/mol. The topological polar surface area (TPSA) is 74.7 Å². The van der Waals surface area contributed by atoms with Gasteiger partial charge in [0.1, 0.15) is 5.82 Å². The number of thiophene rings is 1. The van der Waals surface area contributed by atoms with Crippen LogP contribution in [0, 0.1) is 0 Å². The molecule has 2 atom stereocenters. The van der Waals surface area contributed by atoms with Gasteiger partial charge >= 0.3 is 6.03 Å². The lowest BCUT2D eigenvalue weighted by molar-refractivity contribution is -0.00384. The molecule has 1 aliphatic heterocycles. The van der Waals surface area contributed by atoms with Gasteiger partial charge in [0.25, 0.3) is 0 Å². The van der Waals surface area contributed by atoms with Gasteiger partial charge in [-0.25, -0.2) is 9.78 Å². The number of rotatable bonds is 4. The lowest BCUT2D eigenvalue weighted by atomic mass is 10.1. The Morgan fingerprint density at radius 1 is 1.48 bits per heavy atom. The van der Waals surface area contributed by atoms with Crippen molar-refractivity contribution in [2.45, 2.75) is 18.6 Å². The van der Waals surface area contributed by atoms with Crippen LogP contribution in [0.3, 0.4) is 0 Å². The molecule has 1 fully saturated rings. The number of aromatic nitrogens is 1. The zero-order chi connectivity index (χ0) is 16.1. The molecule has 2 aromatic heterocycles. The molecule has 2 N–H and O–H groups in total. The van der Waals surface area contributed by atoms with E-state index < -0.39 is 6.10 Å². The maximum absolute atomic E-state index is 12.5. The quantitative estimate of drug-likeness (QED) is 0.901. The first kappa shape index (κ1) is 15.9. The van der Waals surface area contributed by atoms with Crippen molar-refractivity contribution in [2.24, 2.45) is 0 Å². The van der Waals surface area contributed by atoms with Crippen molar-refractivity contribution in [1.82, 2.24) is 9.88 Å². The van der Waals surface area contributed by atoms with E-state index in [0.29, 0.717) is 32.0 Å². The number of hydrogen-bond acceptors (Lipinski definition) is 5. The third kappa shape index (κ3) is 4.07. The highest BCUT2D eigenvalue weighted by Crippen LogP contribution is 2.26. The first-order valence-corrected chi connectivity index (χ1v) is 8.40. The molecule has 3 rings (SSSR count). The molecule has 1 saturated heterocycles. The Morgan fingerprint density at radius 2 is 2.39 bits per heavy atom. The summed E-state index contributed by atoms with van der Waals surface area (Å²) in [6.45, 7) is 1.43. The van der Waals surface area contributed by atoms with Crippen LogP contribution in [0.15, 0.2) is 41.9 Å². The van der Waals surface area contributed by atoms with Crippen molar-refractivity contribution in [3.8, 4) is 0 Å². The van der Waals surface area contributed by atoms with E-state index in [1.54, 1.807) is 23.2 Å². The molecular formula is C16H19N3O3S. The van der Waals surface area contributed by atoms with Gasteiger partial charge < -0.3 is 14.7 Å². The molecule has 0 radical (unpaired) electrons. The van der Waals surface area contributed by atoms with E-state index in [9.17, 15) is 9.90 Å². The van der Waals surface area contributed by atoms with Gasteiger partial charge in [-0.15, -0.1) is 11.3 Å². The fourth-order valence-corrected chi connectivity index (χ4v) is 3.31. The summed E-state index contributed by atoms with van der Waals surface area (Å²) in [7, 11) is 0.